The lowest BCUT2D eigenvalue weighted by Gasteiger charge is -2.04. The van der Waals surface area contributed by atoms with Crippen LogP contribution in [0.25, 0.3) is 0 Å². The van der Waals surface area contributed by atoms with Gasteiger partial charge in [0, 0.05) is 13.0 Å². The molecule has 0 saturated heterocycles. The quantitative estimate of drug-likeness (QED) is 0.633. The van der Waals surface area contributed by atoms with Gasteiger partial charge in [-0.1, -0.05) is 0 Å². The Bertz CT molecular complexity index is 134. The summed E-state index contributed by atoms with van der Waals surface area (Å²) >= 11 is 0. The fourth-order valence-corrected chi connectivity index (χ4v) is 0.484. The van der Waals surface area contributed by atoms with Crippen LogP contribution in [0.1, 0.15) is 12.8 Å². The zero-order chi connectivity index (χ0) is 8.91. The van der Waals surface area contributed by atoms with Crippen molar-refractivity contribution in [1.82, 2.24) is 5.32 Å². The summed E-state index contributed by atoms with van der Waals surface area (Å²) in [5.74, 6) is 0. The molecule has 0 saturated carbocycles. The number of carbonyl (C=O) groups is 1. The van der Waals surface area contributed by atoms with Crippen molar-refractivity contribution in [2.75, 3.05) is 6.54 Å². The molecule has 0 aliphatic rings. The molecular weight excluding hydrogens is 163 g/mol. The predicted molar refractivity (Wildman–Crippen MR) is 31.3 cm³/mol. The molecule has 0 rings (SSSR count). The highest BCUT2D eigenvalue weighted by atomic mass is 19.4. The van der Waals surface area contributed by atoms with Gasteiger partial charge in [-0.2, -0.15) is 13.2 Å². The van der Waals surface area contributed by atoms with E-state index in [1.165, 1.54) is 0 Å². The van der Waals surface area contributed by atoms with Crippen LogP contribution in [0.2, 0.25) is 0 Å². The lowest BCUT2D eigenvalue weighted by Crippen LogP contribution is -2.23. The van der Waals surface area contributed by atoms with Crippen LogP contribution < -0.4 is 5.32 Å². The molecule has 0 aromatic rings. The van der Waals surface area contributed by atoms with Crippen molar-refractivity contribution >= 4 is 6.09 Å². The van der Waals surface area contributed by atoms with Crippen LogP contribution in [0.15, 0.2) is 0 Å². The van der Waals surface area contributed by atoms with Gasteiger partial charge in [0.25, 0.3) is 0 Å². The summed E-state index contributed by atoms with van der Waals surface area (Å²) in [4.78, 5) is 9.73. The van der Waals surface area contributed by atoms with Crippen molar-refractivity contribution in [1.29, 1.82) is 0 Å². The molecule has 0 unspecified atom stereocenters. The van der Waals surface area contributed by atoms with Crippen LogP contribution in [0.4, 0.5) is 18.0 Å². The molecule has 1 amide bonds. The summed E-state index contributed by atoms with van der Waals surface area (Å²) in [6.45, 7) is -0.158. The molecule has 0 heterocycles. The predicted octanol–water partition coefficient (Wildman–Crippen LogP) is 1.60. The minimum absolute atomic E-state index is 0.158. The van der Waals surface area contributed by atoms with Crippen LogP contribution >= 0.6 is 0 Å². The molecule has 2 N–H and O–H groups in total. The smallest absolute Gasteiger partial charge is 0.404 e. The molecule has 0 aliphatic carbocycles. The highest BCUT2D eigenvalue weighted by Crippen LogP contribution is 2.20. The Hall–Kier alpha value is -0.940. The van der Waals surface area contributed by atoms with E-state index in [-0.39, 0.29) is 13.0 Å². The van der Waals surface area contributed by atoms with E-state index in [2.05, 4.69) is 0 Å². The van der Waals surface area contributed by atoms with E-state index in [4.69, 9.17) is 5.11 Å². The summed E-state index contributed by atoms with van der Waals surface area (Å²) in [5.41, 5.74) is 0. The second-order valence-electron chi connectivity index (χ2n) is 1.95. The number of carboxylic acid groups (broad SMARTS) is 1. The summed E-state index contributed by atoms with van der Waals surface area (Å²) in [7, 11) is 0. The molecule has 3 nitrogen and oxygen atoms in total. The van der Waals surface area contributed by atoms with E-state index < -0.39 is 18.7 Å². The topological polar surface area (TPSA) is 49.3 Å². The summed E-state index contributed by atoms with van der Waals surface area (Å²) < 4.78 is 34.2. The van der Waals surface area contributed by atoms with Gasteiger partial charge < -0.3 is 10.4 Å². The molecule has 6 heteroatoms. The third-order valence-corrected chi connectivity index (χ3v) is 0.913. The average molecular weight is 171 g/mol. The number of nitrogens with one attached hydrogen (secondary N) is 1. The lowest BCUT2D eigenvalue weighted by molar-refractivity contribution is -0.135. The second-order valence-corrected chi connectivity index (χ2v) is 1.95. The van der Waals surface area contributed by atoms with E-state index >= 15 is 0 Å². The van der Waals surface area contributed by atoms with Crippen molar-refractivity contribution < 1.29 is 23.1 Å². The number of halogens is 3. The average Bonchev–Trinajstić information content (AvgIpc) is 1.78. The summed E-state index contributed by atoms with van der Waals surface area (Å²) in [6.07, 6.45) is -6.66. The monoisotopic (exact) mass is 171 g/mol. The number of hydrogen-bond donors (Lipinski definition) is 2. The SMILES string of the molecule is O=C(O)NCCCC(F)(F)F. The van der Waals surface area contributed by atoms with Crippen molar-refractivity contribution in [3.05, 3.63) is 0 Å². The van der Waals surface area contributed by atoms with Crippen LogP contribution in [0, 0.1) is 0 Å². The first-order valence-electron chi connectivity index (χ1n) is 2.95. The molecular formula is C5H8F3NO2. The molecule has 0 aromatic carbocycles. The molecule has 0 bridgehead atoms. The first-order valence-corrected chi connectivity index (χ1v) is 2.95. The van der Waals surface area contributed by atoms with Crippen LogP contribution in [0.5, 0.6) is 0 Å². The van der Waals surface area contributed by atoms with Gasteiger partial charge in [-0.05, 0) is 6.42 Å². The second kappa shape index (κ2) is 4.05. The zero-order valence-corrected chi connectivity index (χ0v) is 5.61. The highest BCUT2D eigenvalue weighted by Gasteiger charge is 2.25. The normalized spacial score (nSPS) is 11.2. The number of amides is 1. The minimum Gasteiger partial charge on any atom is -0.465 e. The molecule has 0 radical (unpaired) electrons. The van der Waals surface area contributed by atoms with Crippen molar-refractivity contribution in [3.63, 3.8) is 0 Å². The van der Waals surface area contributed by atoms with Gasteiger partial charge in [0.2, 0.25) is 0 Å². The van der Waals surface area contributed by atoms with Gasteiger partial charge in [-0.25, -0.2) is 4.79 Å². The van der Waals surface area contributed by atoms with Crippen LogP contribution in [-0.4, -0.2) is 23.9 Å². The van der Waals surface area contributed by atoms with Gasteiger partial charge >= 0.3 is 12.3 Å². The number of rotatable bonds is 3. The Balaban J connectivity index is 3.22. The van der Waals surface area contributed by atoms with E-state index in [1.807, 2.05) is 5.32 Å². The third kappa shape index (κ3) is 9.06. The van der Waals surface area contributed by atoms with Crippen molar-refractivity contribution in [2.45, 2.75) is 19.0 Å². The molecule has 11 heavy (non-hydrogen) atoms. The maximum absolute atomic E-state index is 11.4. The molecule has 0 fully saturated rings. The van der Waals surface area contributed by atoms with Crippen molar-refractivity contribution in [3.8, 4) is 0 Å². The summed E-state index contributed by atoms with van der Waals surface area (Å²) in [5, 5.41) is 9.79. The fraction of sp³-hybridized carbons (Fsp3) is 0.800. The van der Waals surface area contributed by atoms with Gasteiger partial charge in [0.05, 0.1) is 0 Å². The fourth-order valence-electron chi connectivity index (χ4n) is 0.484. The van der Waals surface area contributed by atoms with Gasteiger partial charge in [-0.3, -0.25) is 0 Å². The number of hydrogen-bond acceptors (Lipinski definition) is 1. The molecule has 0 atom stereocenters. The molecule has 0 aromatic heterocycles. The van der Waals surface area contributed by atoms with Gasteiger partial charge in [0.15, 0.2) is 0 Å². The maximum Gasteiger partial charge on any atom is 0.404 e. The zero-order valence-electron chi connectivity index (χ0n) is 5.61. The standard InChI is InChI=1S/C5H8F3NO2/c6-5(7,8)2-1-3-9-4(10)11/h9H,1-3H2,(H,10,11). The molecule has 66 valence electrons. The largest absolute Gasteiger partial charge is 0.465 e. The van der Waals surface area contributed by atoms with Gasteiger partial charge in [-0.15, -0.1) is 0 Å². The van der Waals surface area contributed by atoms with Crippen LogP contribution in [0.3, 0.4) is 0 Å². The first kappa shape index (κ1) is 10.1. The first-order chi connectivity index (χ1) is 4.92. The summed E-state index contributed by atoms with van der Waals surface area (Å²) in [6, 6.07) is 0. The van der Waals surface area contributed by atoms with Gasteiger partial charge in [0.1, 0.15) is 0 Å². The molecule has 0 spiro atoms. The van der Waals surface area contributed by atoms with E-state index in [0.29, 0.717) is 0 Å². The van der Waals surface area contributed by atoms with E-state index in [0.717, 1.165) is 0 Å². The maximum atomic E-state index is 11.4. The minimum atomic E-state index is -4.19. The van der Waals surface area contributed by atoms with E-state index in [1.54, 1.807) is 0 Å². The lowest BCUT2D eigenvalue weighted by atomic mass is 10.3. The van der Waals surface area contributed by atoms with Crippen molar-refractivity contribution in [2.24, 2.45) is 0 Å². The Morgan fingerprint density at radius 1 is 1.45 bits per heavy atom. The Kier molecular flexibility index (Phi) is 3.70. The Morgan fingerprint density at radius 3 is 2.36 bits per heavy atom. The highest BCUT2D eigenvalue weighted by molar-refractivity contribution is 5.64. The Morgan fingerprint density at radius 2 is 2.00 bits per heavy atom. The van der Waals surface area contributed by atoms with E-state index in [9.17, 15) is 18.0 Å². The molecule has 0 aliphatic heterocycles. The van der Waals surface area contributed by atoms with Crippen LogP contribution in [-0.2, 0) is 0 Å². The third-order valence-electron chi connectivity index (χ3n) is 0.913. The number of alkyl halides is 3. The Labute approximate surface area is 61.2 Å².